The zero-order valence-electron chi connectivity index (χ0n) is 11.9. The predicted molar refractivity (Wildman–Crippen MR) is 83.6 cm³/mol. The molecule has 112 valence electrons. The molecular formula is C15H22BrNO3. The monoisotopic (exact) mass is 343 g/mol. The van der Waals surface area contributed by atoms with Crippen molar-refractivity contribution in [1.82, 2.24) is 5.32 Å². The fourth-order valence-corrected chi connectivity index (χ4v) is 1.93. The van der Waals surface area contributed by atoms with E-state index < -0.39 is 0 Å². The van der Waals surface area contributed by atoms with Crippen molar-refractivity contribution in [3.05, 3.63) is 29.8 Å². The fourth-order valence-electron chi connectivity index (χ4n) is 1.70. The van der Waals surface area contributed by atoms with Gasteiger partial charge in [0.25, 0.3) is 0 Å². The molecule has 20 heavy (non-hydrogen) atoms. The van der Waals surface area contributed by atoms with Crippen molar-refractivity contribution >= 4 is 21.8 Å². The number of aryl methyl sites for hydroxylation is 1. The number of nitrogens with one attached hydrogen (secondary N) is 1. The molecule has 1 aromatic rings. The standard InChI is InChI=1S/C15H22BrNO3/c1-19-14-6-3-13(4-7-14)5-8-15(18)17-10-2-11-20-12-9-16/h3-4,6-7H,2,5,8-12H2,1H3,(H,17,18). The zero-order valence-corrected chi connectivity index (χ0v) is 13.4. The Kier molecular flexibility index (Phi) is 9.07. The van der Waals surface area contributed by atoms with E-state index in [0.29, 0.717) is 26.2 Å². The van der Waals surface area contributed by atoms with E-state index >= 15 is 0 Å². The van der Waals surface area contributed by atoms with Gasteiger partial charge >= 0.3 is 0 Å². The third kappa shape index (κ3) is 7.50. The summed E-state index contributed by atoms with van der Waals surface area (Å²) in [5.41, 5.74) is 1.14. The van der Waals surface area contributed by atoms with Gasteiger partial charge in [0.1, 0.15) is 5.75 Å². The van der Waals surface area contributed by atoms with Crippen LogP contribution < -0.4 is 10.1 Å². The molecule has 5 heteroatoms. The molecule has 0 bridgehead atoms. The molecule has 0 saturated carbocycles. The van der Waals surface area contributed by atoms with E-state index in [9.17, 15) is 4.79 Å². The van der Waals surface area contributed by atoms with Crippen LogP contribution >= 0.6 is 15.9 Å². The van der Waals surface area contributed by atoms with E-state index in [2.05, 4.69) is 21.2 Å². The SMILES string of the molecule is COc1ccc(CCC(=O)NCCCOCCBr)cc1. The molecule has 0 saturated heterocycles. The number of hydrogen-bond acceptors (Lipinski definition) is 3. The van der Waals surface area contributed by atoms with E-state index in [1.165, 1.54) is 0 Å². The summed E-state index contributed by atoms with van der Waals surface area (Å²) >= 11 is 3.29. The number of ether oxygens (including phenoxy) is 2. The Balaban J connectivity index is 2.10. The molecule has 0 spiro atoms. The molecule has 0 radical (unpaired) electrons. The Hall–Kier alpha value is -1.07. The number of methoxy groups -OCH3 is 1. The third-order valence-corrected chi connectivity index (χ3v) is 3.13. The second-order valence-corrected chi connectivity index (χ2v) is 5.15. The number of benzene rings is 1. The Morgan fingerprint density at radius 3 is 2.65 bits per heavy atom. The number of carbonyl (C=O) groups excluding carboxylic acids is 1. The van der Waals surface area contributed by atoms with Gasteiger partial charge in [-0.2, -0.15) is 0 Å². The predicted octanol–water partition coefficient (Wildman–Crippen LogP) is 2.55. The summed E-state index contributed by atoms with van der Waals surface area (Å²) in [7, 11) is 1.64. The van der Waals surface area contributed by atoms with Crippen molar-refractivity contribution in [1.29, 1.82) is 0 Å². The molecule has 1 aromatic carbocycles. The second kappa shape index (κ2) is 10.7. The number of alkyl halides is 1. The first kappa shape index (κ1) is 17.0. The van der Waals surface area contributed by atoms with E-state index in [-0.39, 0.29) is 5.91 Å². The van der Waals surface area contributed by atoms with Gasteiger partial charge in [-0.1, -0.05) is 28.1 Å². The highest BCUT2D eigenvalue weighted by molar-refractivity contribution is 9.09. The van der Waals surface area contributed by atoms with Gasteiger partial charge in [0, 0.05) is 24.9 Å². The van der Waals surface area contributed by atoms with Gasteiger partial charge in [0.15, 0.2) is 0 Å². The maximum absolute atomic E-state index is 11.6. The molecule has 0 aliphatic rings. The minimum Gasteiger partial charge on any atom is -0.497 e. The average molecular weight is 344 g/mol. The molecule has 0 unspecified atom stereocenters. The van der Waals surface area contributed by atoms with Crippen molar-refractivity contribution in [3.8, 4) is 5.75 Å². The van der Waals surface area contributed by atoms with Crippen LogP contribution in [0.5, 0.6) is 5.75 Å². The Morgan fingerprint density at radius 2 is 2.00 bits per heavy atom. The van der Waals surface area contributed by atoms with Crippen LogP contribution in [0.15, 0.2) is 24.3 Å². The van der Waals surface area contributed by atoms with Crippen LogP contribution in [0, 0.1) is 0 Å². The van der Waals surface area contributed by atoms with Crippen LogP contribution in [0.25, 0.3) is 0 Å². The minimum atomic E-state index is 0.0845. The van der Waals surface area contributed by atoms with Crippen LogP contribution in [0.2, 0.25) is 0 Å². The lowest BCUT2D eigenvalue weighted by atomic mass is 10.1. The molecule has 0 heterocycles. The van der Waals surface area contributed by atoms with E-state index in [0.717, 1.165) is 29.5 Å². The van der Waals surface area contributed by atoms with Gasteiger partial charge in [-0.15, -0.1) is 0 Å². The first-order chi connectivity index (χ1) is 9.76. The summed E-state index contributed by atoms with van der Waals surface area (Å²) in [6.07, 6.45) is 2.10. The van der Waals surface area contributed by atoms with E-state index in [4.69, 9.17) is 9.47 Å². The molecule has 1 amide bonds. The first-order valence-corrected chi connectivity index (χ1v) is 7.91. The number of amides is 1. The van der Waals surface area contributed by atoms with E-state index in [1.807, 2.05) is 24.3 Å². The summed E-state index contributed by atoms with van der Waals surface area (Å²) in [5, 5.41) is 3.75. The van der Waals surface area contributed by atoms with Gasteiger partial charge < -0.3 is 14.8 Å². The lowest BCUT2D eigenvalue weighted by Crippen LogP contribution is -2.25. The second-order valence-electron chi connectivity index (χ2n) is 4.35. The van der Waals surface area contributed by atoms with Gasteiger partial charge in [0.2, 0.25) is 5.91 Å². The van der Waals surface area contributed by atoms with Crippen LogP contribution in [-0.2, 0) is 16.0 Å². The Morgan fingerprint density at radius 1 is 1.25 bits per heavy atom. The zero-order chi connectivity index (χ0) is 14.6. The molecule has 0 aliphatic carbocycles. The molecule has 0 aliphatic heterocycles. The highest BCUT2D eigenvalue weighted by Gasteiger charge is 2.02. The summed E-state index contributed by atoms with van der Waals surface area (Å²) in [4.78, 5) is 11.6. The summed E-state index contributed by atoms with van der Waals surface area (Å²) in [6, 6.07) is 7.79. The average Bonchev–Trinajstić information content (AvgIpc) is 2.49. The topological polar surface area (TPSA) is 47.6 Å². The van der Waals surface area contributed by atoms with Crippen LogP contribution in [0.4, 0.5) is 0 Å². The normalized spacial score (nSPS) is 10.3. The number of halogens is 1. The van der Waals surface area contributed by atoms with Crippen molar-refractivity contribution in [2.45, 2.75) is 19.3 Å². The summed E-state index contributed by atoms with van der Waals surface area (Å²) < 4.78 is 10.4. The fraction of sp³-hybridized carbons (Fsp3) is 0.533. The van der Waals surface area contributed by atoms with Crippen LogP contribution in [0.3, 0.4) is 0 Å². The Bertz CT molecular complexity index is 381. The van der Waals surface area contributed by atoms with Crippen molar-refractivity contribution in [3.63, 3.8) is 0 Å². The molecule has 1 N–H and O–H groups in total. The lowest BCUT2D eigenvalue weighted by Gasteiger charge is -2.06. The van der Waals surface area contributed by atoms with E-state index in [1.54, 1.807) is 7.11 Å². The highest BCUT2D eigenvalue weighted by atomic mass is 79.9. The highest BCUT2D eigenvalue weighted by Crippen LogP contribution is 2.12. The van der Waals surface area contributed by atoms with Gasteiger partial charge in [-0.05, 0) is 30.5 Å². The van der Waals surface area contributed by atoms with Gasteiger partial charge in [0.05, 0.1) is 13.7 Å². The molecule has 4 nitrogen and oxygen atoms in total. The number of carbonyl (C=O) groups is 1. The van der Waals surface area contributed by atoms with Gasteiger partial charge in [-0.3, -0.25) is 4.79 Å². The molecule has 0 atom stereocenters. The minimum absolute atomic E-state index is 0.0845. The smallest absolute Gasteiger partial charge is 0.220 e. The molecule has 0 fully saturated rings. The number of hydrogen-bond donors (Lipinski definition) is 1. The van der Waals surface area contributed by atoms with Crippen molar-refractivity contribution < 1.29 is 14.3 Å². The summed E-state index contributed by atoms with van der Waals surface area (Å²) in [6.45, 7) is 2.07. The van der Waals surface area contributed by atoms with Gasteiger partial charge in [-0.25, -0.2) is 0 Å². The van der Waals surface area contributed by atoms with Crippen LogP contribution in [0.1, 0.15) is 18.4 Å². The van der Waals surface area contributed by atoms with Crippen LogP contribution in [-0.4, -0.2) is 38.1 Å². The number of rotatable bonds is 10. The Labute approximate surface area is 129 Å². The lowest BCUT2D eigenvalue weighted by molar-refractivity contribution is -0.121. The maximum Gasteiger partial charge on any atom is 0.220 e. The molecule has 1 rings (SSSR count). The molecule has 0 aromatic heterocycles. The first-order valence-electron chi connectivity index (χ1n) is 6.79. The molecular weight excluding hydrogens is 322 g/mol. The quantitative estimate of drug-likeness (QED) is 0.524. The van der Waals surface area contributed by atoms with Crippen molar-refractivity contribution in [2.24, 2.45) is 0 Å². The summed E-state index contributed by atoms with van der Waals surface area (Å²) in [5.74, 6) is 0.919. The third-order valence-electron chi connectivity index (χ3n) is 2.81. The van der Waals surface area contributed by atoms with Crippen molar-refractivity contribution in [2.75, 3.05) is 32.2 Å². The largest absolute Gasteiger partial charge is 0.497 e. The maximum atomic E-state index is 11.6.